The first-order chi connectivity index (χ1) is 6.91. The van der Waals surface area contributed by atoms with Gasteiger partial charge in [-0.05, 0) is 6.92 Å². The van der Waals surface area contributed by atoms with Gasteiger partial charge in [0.2, 0.25) is 0 Å². The van der Waals surface area contributed by atoms with E-state index in [4.69, 9.17) is 0 Å². The largest absolute Gasteiger partial charge is 0.335 e. The third kappa shape index (κ3) is 2.74. The van der Waals surface area contributed by atoms with Crippen molar-refractivity contribution in [3.05, 3.63) is 0 Å². The predicted molar refractivity (Wildman–Crippen MR) is 56.4 cm³/mol. The van der Waals surface area contributed by atoms with Gasteiger partial charge < -0.3 is 20.4 Å². The fourth-order valence-corrected chi connectivity index (χ4v) is 1.43. The van der Waals surface area contributed by atoms with E-state index in [1.54, 1.807) is 21.1 Å². The summed E-state index contributed by atoms with van der Waals surface area (Å²) in [7, 11) is 5.01. The third-order valence-corrected chi connectivity index (χ3v) is 2.43. The molecule has 0 aromatic heterocycles. The summed E-state index contributed by atoms with van der Waals surface area (Å²) in [4.78, 5) is 25.8. The van der Waals surface area contributed by atoms with Gasteiger partial charge >= 0.3 is 12.1 Å². The summed E-state index contributed by atoms with van der Waals surface area (Å²) in [5.41, 5.74) is 0. The number of amides is 4. The Morgan fingerprint density at radius 1 is 1.60 bits per heavy atom. The highest BCUT2D eigenvalue weighted by Crippen LogP contribution is 2.09. The maximum Gasteiger partial charge on any atom is 0.318 e. The van der Waals surface area contributed by atoms with Crippen LogP contribution in [0.25, 0.3) is 0 Å². The van der Waals surface area contributed by atoms with Crippen LogP contribution >= 0.6 is 0 Å². The van der Waals surface area contributed by atoms with Gasteiger partial charge in [0.15, 0.2) is 0 Å². The molecule has 1 heterocycles. The predicted octanol–water partition coefficient (Wildman–Crippen LogP) is 0.0173. The van der Waals surface area contributed by atoms with E-state index in [-0.39, 0.29) is 24.3 Å². The highest BCUT2D eigenvalue weighted by molar-refractivity contribution is 5.78. The zero-order valence-electron chi connectivity index (χ0n) is 9.57. The Labute approximate surface area is 89.6 Å². The molecule has 0 aliphatic carbocycles. The van der Waals surface area contributed by atoms with Gasteiger partial charge in [-0.1, -0.05) is 0 Å². The molecular formula is C9H18N4O2. The van der Waals surface area contributed by atoms with Gasteiger partial charge in [0.05, 0.1) is 0 Å². The molecule has 1 aliphatic rings. The number of nitrogens with zero attached hydrogens (tertiary/aromatic N) is 2. The minimum absolute atomic E-state index is 0.0844. The van der Waals surface area contributed by atoms with Gasteiger partial charge in [-0.2, -0.15) is 0 Å². The Morgan fingerprint density at radius 2 is 2.20 bits per heavy atom. The zero-order valence-corrected chi connectivity index (χ0v) is 9.57. The van der Waals surface area contributed by atoms with Crippen molar-refractivity contribution >= 4 is 12.1 Å². The first kappa shape index (κ1) is 11.6. The molecule has 0 saturated carbocycles. The topological polar surface area (TPSA) is 64.7 Å². The van der Waals surface area contributed by atoms with E-state index in [0.717, 1.165) is 0 Å². The molecule has 4 amide bonds. The molecule has 15 heavy (non-hydrogen) atoms. The lowest BCUT2D eigenvalue weighted by Gasteiger charge is -2.37. The number of carbonyl (C=O) groups excluding carboxylic acids is 2. The molecule has 0 aromatic rings. The van der Waals surface area contributed by atoms with Gasteiger partial charge in [-0.15, -0.1) is 0 Å². The van der Waals surface area contributed by atoms with Crippen molar-refractivity contribution in [3.63, 3.8) is 0 Å². The summed E-state index contributed by atoms with van der Waals surface area (Å²) < 4.78 is 0. The Hall–Kier alpha value is -1.46. The molecule has 6 heteroatoms. The van der Waals surface area contributed by atoms with Crippen LogP contribution in [0.1, 0.15) is 13.3 Å². The van der Waals surface area contributed by atoms with Crippen LogP contribution in [-0.2, 0) is 0 Å². The van der Waals surface area contributed by atoms with Crippen LogP contribution in [0.4, 0.5) is 9.59 Å². The van der Waals surface area contributed by atoms with E-state index in [1.807, 2.05) is 6.92 Å². The van der Waals surface area contributed by atoms with E-state index < -0.39 is 0 Å². The summed E-state index contributed by atoms with van der Waals surface area (Å²) in [6, 6.07) is -0.257. The van der Waals surface area contributed by atoms with Gasteiger partial charge in [0.25, 0.3) is 0 Å². The number of hydrogen-bond acceptors (Lipinski definition) is 2. The van der Waals surface area contributed by atoms with Crippen molar-refractivity contribution in [1.82, 2.24) is 20.4 Å². The van der Waals surface area contributed by atoms with E-state index >= 15 is 0 Å². The van der Waals surface area contributed by atoms with Crippen LogP contribution in [-0.4, -0.2) is 55.2 Å². The van der Waals surface area contributed by atoms with Gasteiger partial charge in [-0.3, -0.25) is 0 Å². The van der Waals surface area contributed by atoms with Crippen LogP contribution in [0, 0.1) is 0 Å². The summed E-state index contributed by atoms with van der Waals surface area (Å²) in [5.74, 6) is 0. The smallest absolute Gasteiger partial charge is 0.318 e. The Morgan fingerprint density at radius 3 is 2.73 bits per heavy atom. The first-order valence-electron chi connectivity index (χ1n) is 4.93. The number of rotatable bonds is 1. The average molecular weight is 214 g/mol. The molecule has 1 rings (SSSR count). The van der Waals surface area contributed by atoms with Crippen molar-refractivity contribution in [3.8, 4) is 0 Å². The monoisotopic (exact) mass is 214 g/mol. The SMILES string of the molecule is C[C@@H]1C[C@@H](NC(=O)N(C)C)N(C)C(=O)N1. The number of carbonyl (C=O) groups is 2. The Kier molecular flexibility index (Phi) is 3.39. The fraction of sp³-hybridized carbons (Fsp3) is 0.778. The van der Waals surface area contributed by atoms with E-state index in [1.165, 1.54) is 9.80 Å². The number of urea groups is 2. The lowest BCUT2D eigenvalue weighted by atomic mass is 10.1. The average Bonchev–Trinajstić information content (AvgIpc) is 2.13. The second-order valence-electron chi connectivity index (χ2n) is 4.06. The molecule has 86 valence electrons. The zero-order chi connectivity index (χ0) is 11.6. The minimum atomic E-state index is -0.233. The van der Waals surface area contributed by atoms with Gasteiger partial charge in [-0.25, -0.2) is 9.59 Å². The Bertz CT molecular complexity index is 267. The molecule has 2 atom stereocenters. The van der Waals surface area contributed by atoms with Crippen LogP contribution < -0.4 is 10.6 Å². The van der Waals surface area contributed by atoms with E-state index in [0.29, 0.717) is 6.42 Å². The molecule has 1 aliphatic heterocycles. The first-order valence-corrected chi connectivity index (χ1v) is 4.93. The van der Waals surface area contributed by atoms with Crippen molar-refractivity contribution in [2.75, 3.05) is 21.1 Å². The van der Waals surface area contributed by atoms with Crippen molar-refractivity contribution in [2.24, 2.45) is 0 Å². The lowest BCUT2D eigenvalue weighted by molar-refractivity contribution is 0.140. The lowest BCUT2D eigenvalue weighted by Crippen LogP contribution is -2.61. The molecule has 0 unspecified atom stereocenters. The van der Waals surface area contributed by atoms with Crippen LogP contribution in [0.5, 0.6) is 0 Å². The van der Waals surface area contributed by atoms with Crippen molar-refractivity contribution in [2.45, 2.75) is 25.6 Å². The third-order valence-electron chi connectivity index (χ3n) is 2.43. The number of nitrogens with one attached hydrogen (secondary N) is 2. The normalized spacial score (nSPS) is 25.9. The molecule has 6 nitrogen and oxygen atoms in total. The number of hydrogen-bond donors (Lipinski definition) is 2. The molecule has 1 fully saturated rings. The molecule has 1 saturated heterocycles. The molecule has 0 radical (unpaired) electrons. The van der Waals surface area contributed by atoms with Gasteiger partial charge in [0.1, 0.15) is 6.17 Å². The fourth-order valence-electron chi connectivity index (χ4n) is 1.43. The summed E-state index contributed by atoms with van der Waals surface area (Å²) >= 11 is 0. The van der Waals surface area contributed by atoms with Crippen LogP contribution in [0.3, 0.4) is 0 Å². The summed E-state index contributed by atoms with van der Waals surface area (Å²) in [6.07, 6.45) is 0.477. The summed E-state index contributed by atoms with van der Waals surface area (Å²) in [5, 5.41) is 5.56. The highest BCUT2D eigenvalue weighted by atomic mass is 16.2. The quantitative estimate of drug-likeness (QED) is 0.646. The van der Waals surface area contributed by atoms with Crippen LogP contribution in [0.15, 0.2) is 0 Å². The minimum Gasteiger partial charge on any atom is -0.335 e. The second kappa shape index (κ2) is 4.37. The van der Waals surface area contributed by atoms with Crippen LogP contribution in [0.2, 0.25) is 0 Å². The Balaban J connectivity index is 2.60. The maximum absolute atomic E-state index is 11.4. The highest BCUT2D eigenvalue weighted by Gasteiger charge is 2.29. The molecular weight excluding hydrogens is 196 g/mol. The van der Waals surface area contributed by atoms with E-state index in [9.17, 15) is 9.59 Å². The molecule has 0 spiro atoms. The maximum atomic E-state index is 11.4. The molecule has 0 bridgehead atoms. The van der Waals surface area contributed by atoms with E-state index in [2.05, 4.69) is 10.6 Å². The molecule has 0 aromatic carbocycles. The molecule has 2 N–H and O–H groups in total. The van der Waals surface area contributed by atoms with Crippen molar-refractivity contribution in [1.29, 1.82) is 0 Å². The second-order valence-corrected chi connectivity index (χ2v) is 4.06. The standard InChI is InChI=1S/C9H18N4O2/c1-6-5-7(11-8(14)12(2)3)13(4)9(15)10-6/h6-7H,5H2,1-4H3,(H,10,15)(H,11,14)/t6-,7+/m1/s1. The summed E-state index contributed by atoms with van der Waals surface area (Å²) in [6.45, 7) is 1.92. The van der Waals surface area contributed by atoms with Crippen molar-refractivity contribution < 1.29 is 9.59 Å². The van der Waals surface area contributed by atoms with Gasteiger partial charge in [0, 0.05) is 33.6 Å².